The number of anilines is 2. The van der Waals surface area contributed by atoms with E-state index in [0.717, 1.165) is 11.9 Å². The second-order valence-electron chi connectivity index (χ2n) is 5.66. The van der Waals surface area contributed by atoms with Gasteiger partial charge in [0.05, 0.1) is 11.8 Å². The van der Waals surface area contributed by atoms with Gasteiger partial charge in [-0.05, 0) is 42.8 Å². The van der Waals surface area contributed by atoms with Gasteiger partial charge in [0.1, 0.15) is 0 Å². The smallest absolute Gasteiger partial charge is 0.258 e. The van der Waals surface area contributed by atoms with Crippen LogP contribution in [0.5, 0.6) is 0 Å². The van der Waals surface area contributed by atoms with Crippen molar-refractivity contribution in [3.05, 3.63) is 90.0 Å². The van der Waals surface area contributed by atoms with E-state index in [0.29, 0.717) is 5.69 Å². The van der Waals surface area contributed by atoms with Crippen LogP contribution in [0.15, 0.2) is 73.1 Å². The van der Waals surface area contributed by atoms with Crippen molar-refractivity contribution in [3.8, 4) is 0 Å². The van der Waals surface area contributed by atoms with Crippen molar-refractivity contribution in [2.75, 3.05) is 10.6 Å². The second-order valence-corrected chi connectivity index (χ2v) is 5.66. The molecule has 1 amide bonds. The highest BCUT2D eigenvalue weighted by Crippen LogP contribution is 2.21. The summed E-state index contributed by atoms with van der Waals surface area (Å²) in [6, 6.07) is 18.9. The maximum absolute atomic E-state index is 13.6. The van der Waals surface area contributed by atoms with Crippen LogP contribution in [0.2, 0.25) is 0 Å². The minimum atomic E-state index is -0.644. The Bertz CT molecular complexity index is 850. The fourth-order valence-electron chi connectivity index (χ4n) is 2.48. The quantitative estimate of drug-likeness (QED) is 0.714. The largest absolute Gasteiger partial charge is 0.379 e. The SMILES string of the molecule is C[C@@H](Nc1ccc(NC(=O)c2ccncc2F)cc1)c1ccccc1. The molecule has 3 rings (SSSR count). The van der Waals surface area contributed by atoms with Gasteiger partial charge in [-0.25, -0.2) is 4.39 Å². The van der Waals surface area contributed by atoms with Crippen LogP contribution in [0.25, 0.3) is 0 Å². The Morgan fingerprint density at radius 1 is 1.00 bits per heavy atom. The predicted octanol–water partition coefficient (Wildman–Crippen LogP) is 4.65. The molecule has 0 radical (unpaired) electrons. The number of amides is 1. The maximum Gasteiger partial charge on any atom is 0.258 e. The van der Waals surface area contributed by atoms with Gasteiger partial charge < -0.3 is 10.6 Å². The summed E-state index contributed by atoms with van der Waals surface area (Å²) in [7, 11) is 0. The summed E-state index contributed by atoms with van der Waals surface area (Å²) in [5.41, 5.74) is 2.69. The van der Waals surface area contributed by atoms with Gasteiger partial charge in [-0.15, -0.1) is 0 Å². The van der Waals surface area contributed by atoms with Crippen LogP contribution in [0.3, 0.4) is 0 Å². The minimum Gasteiger partial charge on any atom is -0.379 e. The third kappa shape index (κ3) is 4.20. The molecule has 0 unspecified atom stereocenters. The first-order valence-electron chi connectivity index (χ1n) is 7.96. The van der Waals surface area contributed by atoms with Gasteiger partial charge in [-0.2, -0.15) is 0 Å². The third-order valence-corrected chi connectivity index (χ3v) is 3.84. The Morgan fingerprint density at radius 2 is 1.68 bits per heavy atom. The van der Waals surface area contributed by atoms with Crippen LogP contribution in [0.4, 0.5) is 15.8 Å². The molecular weight excluding hydrogens is 317 g/mol. The Kier molecular flexibility index (Phi) is 5.04. The highest BCUT2D eigenvalue weighted by molar-refractivity contribution is 6.04. The molecule has 126 valence electrons. The predicted molar refractivity (Wildman–Crippen MR) is 97.1 cm³/mol. The van der Waals surface area contributed by atoms with Crippen LogP contribution < -0.4 is 10.6 Å². The van der Waals surface area contributed by atoms with Gasteiger partial charge in [-0.3, -0.25) is 9.78 Å². The Morgan fingerprint density at radius 3 is 2.36 bits per heavy atom. The highest BCUT2D eigenvalue weighted by Gasteiger charge is 2.11. The summed E-state index contributed by atoms with van der Waals surface area (Å²) >= 11 is 0. The first-order chi connectivity index (χ1) is 12.1. The topological polar surface area (TPSA) is 54.0 Å². The fourth-order valence-corrected chi connectivity index (χ4v) is 2.48. The molecule has 5 heteroatoms. The number of carbonyl (C=O) groups is 1. The van der Waals surface area contributed by atoms with E-state index < -0.39 is 11.7 Å². The Balaban J connectivity index is 1.64. The molecule has 0 aliphatic heterocycles. The molecule has 0 spiro atoms. The van der Waals surface area contributed by atoms with Gasteiger partial charge >= 0.3 is 0 Å². The number of carbonyl (C=O) groups excluding carboxylic acids is 1. The number of pyridine rings is 1. The standard InChI is InChI=1S/C20H18FN3O/c1-14(15-5-3-2-4-6-15)23-16-7-9-17(10-8-16)24-20(25)18-11-12-22-13-19(18)21/h2-14,23H,1H3,(H,24,25)/t14-/m1/s1. The van der Waals surface area contributed by atoms with Gasteiger partial charge in [-0.1, -0.05) is 30.3 Å². The highest BCUT2D eigenvalue weighted by atomic mass is 19.1. The summed E-state index contributed by atoms with van der Waals surface area (Å²) in [6.45, 7) is 2.08. The van der Waals surface area contributed by atoms with Crippen molar-refractivity contribution in [3.63, 3.8) is 0 Å². The monoisotopic (exact) mass is 335 g/mol. The van der Waals surface area contributed by atoms with Crippen molar-refractivity contribution >= 4 is 17.3 Å². The lowest BCUT2D eigenvalue weighted by atomic mass is 10.1. The lowest BCUT2D eigenvalue weighted by molar-refractivity contribution is 0.102. The normalized spacial score (nSPS) is 11.6. The number of hydrogen-bond acceptors (Lipinski definition) is 3. The maximum atomic E-state index is 13.6. The van der Waals surface area contributed by atoms with Crippen molar-refractivity contribution < 1.29 is 9.18 Å². The van der Waals surface area contributed by atoms with Gasteiger partial charge in [0.25, 0.3) is 5.91 Å². The lowest BCUT2D eigenvalue weighted by Gasteiger charge is -2.16. The van der Waals surface area contributed by atoms with Crippen molar-refractivity contribution in [2.24, 2.45) is 0 Å². The molecule has 1 atom stereocenters. The molecule has 0 aliphatic carbocycles. The first kappa shape index (κ1) is 16.6. The molecule has 0 saturated heterocycles. The number of aromatic nitrogens is 1. The van der Waals surface area contributed by atoms with E-state index in [1.54, 1.807) is 12.1 Å². The lowest BCUT2D eigenvalue weighted by Crippen LogP contribution is -2.14. The molecule has 1 aromatic heterocycles. The molecule has 0 bridgehead atoms. The summed E-state index contributed by atoms with van der Waals surface area (Å²) in [6.07, 6.45) is 2.41. The van der Waals surface area contributed by atoms with E-state index in [9.17, 15) is 9.18 Å². The zero-order chi connectivity index (χ0) is 17.6. The van der Waals surface area contributed by atoms with Crippen LogP contribution in [-0.2, 0) is 0 Å². The van der Waals surface area contributed by atoms with Crippen LogP contribution >= 0.6 is 0 Å². The number of hydrogen-bond donors (Lipinski definition) is 2. The van der Waals surface area contributed by atoms with E-state index >= 15 is 0 Å². The van der Waals surface area contributed by atoms with Gasteiger partial charge in [0.2, 0.25) is 0 Å². The van der Waals surface area contributed by atoms with Crippen LogP contribution in [0.1, 0.15) is 28.9 Å². The molecule has 4 nitrogen and oxygen atoms in total. The third-order valence-electron chi connectivity index (χ3n) is 3.84. The van der Waals surface area contributed by atoms with Crippen LogP contribution in [-0.4, -0.2) is 10.9 Å². The average Bonchev–Trinajstić information content (AvgIpc) is 2.64. The molecule has 2 aromatic carbocycles. The zero-order valence-electron chi connectivity index (χ0n) is 13.7. The molecule has 0 saturated carbocycles. The van der Waals surface area contributed by atoms with Gasteiger partial charge in [0.15, 0.2) is 5.82 Å². The van der Waals surface area contributed by atoms with Gasteiger partial charge in [0, 0.05) is 23.6 Å². The Labute approximate surface area is 145 Å². The number of nitrogens with one attached hydrogen (secondary N) is 2. The van der Waals surface area contributed by atoms with E-state index in [-0.39, 0.29) is 11.6 Å². The minimum absolute atomic E-state index is 0.0325. The first-order valence-corrected chi connectivity index (χ1v) is 7.96. The van der Waals surface area contributed by atoms with E-state index in [1.165, 1.54) is 17.8 Å². The molecule has 1 heterocycles. The van der Waals surface area contributed by atoms with E-state index in [4.69, 9.17) is 0 Å². The summed E-state index contributed by atoms with van der Waals surface area (Å²) in [5.74, 6) is -1.15. The van der Waals surface area contributed by atoms with Crippen LogP contribution in [0, 0.1) is 5.82 Å². The molecular formula is C20H18FN3O. The molecule has 3 aromatic rings. The van der Waals surface area contributed by atoms with Crippen molar-refractivity contribution in [1.82, 2.24) is 4.98 Å². The number of benzene rings is 2. The summed E-state index contributed by atoms with van der Waals surface area (Å²) in [5, 5.41) is 6.08. The summed E-state index contributed by atoms with van der Waals surface area (Å²) in [4.78, 5) is 15.7. The summed E-state index contributed by atoms with van der Waals surface area (Å²) < 4.78 is 13.6. The average molecular weight is 335 g/mol. The number of rotatable bonds is 5. The molecule has 25 heavy (non-hydrogen) atoms. The zero-order valence-corrected chi connectivity index (χ0v) is 13.7. The van der Waals surface area contributed by atoms with Crippen molar-refractivity contribution in [2.45, 2.75) is 13.0 Å². The van der Waals surface area contributed by atoms with E-state index in [2.05, 4.69) is 34.7 Å². The van der Waals surface area contributed by atoms with Crippen molar-refractivity contribution in [1.29, 1.82) is 0 Å². The molecule has 0 aliphatic rings. The Hall–Kier alpha value is -3.21. The number of nitrogens with zero attached hydrogens (tertiary/aromatic N) is 1. The van der Waals surface area contributed by atoms with E-state index in [1.807, 2.05) is 30.3 Å². The molecule has 2 N–H and O–H groups in total. The fraction of sp³-hybridized carbons (Fsp3) is 0.100. The number of halogens is 1. The molecule has 0 fully saturated rings. The second kappa shape index (κ2) is 7.57.